The summed E-state index contributed by atoms with van der Waals surface area (Å²) in [5.41, 5.74) is -0.399. The molecule has 1 heterocycles. The fraction of sp³-hybridized carbons (Fsp3) is 0.700. The van der Waals surface area contributed by atoms with Crippen LogP contribution in [0.3, 0.4) is 0 Å². The van der Waals surface area contributed by atoms with Gasteiger partial charge >= 0.3 is 11.5 Å². The molecule has 0 fully saturated rings. The van der Waals surface area contributed by atoms with Gasteiger partial charge in [-0.1, -0.05) is 141 Å². The molecule has 0 unspecified atom stereocenters. The number of hydrogen-bond acceptors (Lipinski definition) is 4. The molecule has 0 amide bonds. The molecule has 35 heavy (non-hydrogen) atoms. The average molecular weight is 485 g/mol. The van der Waals surface area contributed by atoms with E-state index in [2.05, 4.69) is 12.0 Å². The maximum atomic E-state index is 12.3. The van der Waals surface area contributed by atoms with Crippen molar-refractivity contribution in [3.8, 4) is 0 Å². The Hall–Kier alpha value is -2.17. The van der Waals surface area contributed by atoms with Crippen molar-refractivity contribution < 1.29 is 9.63 Å². The number of benzene rings is 1. The first-order valence-electron chi connectivity index (χ1n) is 14.4. The SMILES string of the molecule is CCCCCCCCCCCCCCCCCCCCCC(=O)On1ncc2ccccc2c1=O. The second kappa shape index (κ2) is 19.1. The van der Waals surface area contributed by atoms with Gasteiger partial charge in [-0.15, -0.1) is 5.10 Å². The smallest absolute Gasteiger partial charge is 0.316 e. The number of unbranched alkanes of at least 4 members (excludes halogenated alkanes) is 18. The zero-order valence-corrected chi connectivity index (χ0v) is 22.1. The zero-order valence-electron chi connectivity index (χ0n) is 22.1. The molecule has 2 rings (SSSR count). The number of carbonyl (C=O) groups excluding carboxylic acids is 1. The molecule has 0 bridgehead atoms. The van der Waals surface area contributed by atoms with Gasteiger partial charge in [0, 0.05) is 11.8 Å². The standard InChI is InChI=1S/C30H48N2O3/c1-2-3-4-5-6-7-8-9-10-11-12-13-14-15-16-17-18-19-20-25-29(33)35-32-30(34)28-24-22-21-23-27(28)26-31-32/h21-24,26H,2-20,25H2,1H3. The molecule has 0 spiro atoms. The van der Waals surface area contributed by atoms with Crippen molar-refractivity contribution in [1.82, 2.24) is 9.94 Å². The number of fused-ring (bicyclic) bond motifs is 1. The van der Waals surface area contributed by atoms with Gasteiger partial charge < -0.3 is 4.84 Å². The van der Waals surface area contributed by atoms with Crippen molar-refractivity contribution in [2.75, 3.05) is 0 Å². The number of hydrogen-bond donors (Lipinski definition) is 0. The summed E-state index contributed by atoms with van der Waals surface area (Å²) in [5, 5.41) is 5.18. The van der Waals surface area contributed by atoms with E-state index in [1.54, 1.807) is 18.3 Å². The summed E-state index contributed by atoms with van der Waals surface area (Å²) in [6, 6.07) is 7.16. The normalized spacial score (nSPS) is 11.2. The van der Waals surface area contributed by atoms with Gasteiger partial charge in [-0.05, 0) is 17.3 Å². The second-order valence-corrected chi connectivity index (χ2v) is 9.99. The molecule has 0 aliphatic heterocycles. The lowest BCUT2D eigenvalue weighted by molar-refractivity contribution is -0.146. The van der Waals surface area contributed by atoms with Gasteiger partial charge in [-0.2, -0.15) is 0 Å². The predicted molar refractivity (Wildman–Crippen MR) is 146 cm³/mol. The Labute approximate surface area is 212 Å². The van der Waals surface area contributed by atoms with Crippen LogP contribution in [-0.4, -0.2) is 15.9 Å². The van der Waals surface area contributed by atoms with Crippen molar-refractivity contribution in [3.63, 3.8) is 0 Å². The van der Waals surface area contributed by atoms with Gasteiger partial charge in [0.25, 0.3) is 0 Å². The van der Waals surface area contributed by atoms with Gasteiger partial charge in [0.2, 0.25) is 0 Å². The molecular formula is C30H48N2O3. The molecule has 0 aliphatic carbocycles. The van der Waals surface area contributed by atoms with Crippen molar-refractivity contribution in [2.24, 2.45) is 0 Å². The second-order valence-electron chi connectivity index (χ2n) is 9.99. The van der Waals surface area contributed by atoms with Crippen molar-refractivity contribution in [2.45, 2.75) is 135 Å². The molecule has 0 saturated heterocycles. The minimum atomic E-state index is -0.401. The van der Waals surface area contributed by atoms with Crippen LogP contribution in [0, 0.1) is 0 Å². The van der Waals surface area contributed by atoms with Crippen molar-refractivity contribution in [1.29, 1.82) is 0 Å². The largest absolute Gasteiger partial charge is 0.335 e. The molecule has 5 heteroatoms. The van der Waals surface area contributed by atoms with E-state index in [0.29, 0.717) is 11.8 Å². The molecular weight excluding hydrogens is 436 g/mol. The van der Waals surface area contributed by atoms with Gasteiger partial charge in [-0.25, -0.2) is 4.79 Å². The highest BCUT2D eigenvalue weighted by Crippen LogP contribution is 2.15. The molecule has 1 aromatic carbocycles. The first-order valence-corrected chi connectivity index (χ1v) is 14.4. The lowest BCUT2D eigenvalue weighted by atomic mass is 10.0. The summed E-state index contributed by atoms with van der Waals surface area (Å²) in [6.45, 7) is 2.28. The number of rotatable bonds is 21. The monoisotopic (exact) mass is 484 g/mol. The maximum absolute atomic E-state index is 12.3. The highest BCUT2D eigenvalue weighted by Gasteiger charge is 2.09. The number of aromatic nitrogens is 2. The highest BCUT2D eigenvalue weighted by molar-refractivity contribution is 5.80. The highest BCUT2D eigenvalue weighted by atomic mass is 16.7. The van der Waals surface area contributed by atoms with E-state index in [1.807, 2.05) is 12.1 Å². The fourth-order valence-electron chi connectivity index (χ4n) is 4.63. The topological polar surface area (TPSA) is 61.2 Å². The van der Waals surface area contributed by atoms with E-state index in [1.165, 1.54) is 103 Å². The minimum Gasteiger partial charge on any atom is -0.316 e. The lowest BCUT2D eigenvalue weighted by Gasteiger charge is -2.06. The van der Waals surface area contributed by atoms with E-state index < -0.39 is 11.5 Å². The van der Waals surface area contributed by atoms with Crippen LogP contribution in [-0.2, 0) is 4.79 Å². The Balaban J connectivity index is 1.36. The van der Waals surface area contributed by atoms with E-state index in [9.17, 15) is 9.59 Å². The van der Waals surface area contributed by atoms with Gasteiger partial charge in [0.1, 0.15) is 0 Å². The molecule has 2 aromatic rings. The number of nitrogens with zero attached hydrogens (tertiary/aromatic N) is 2. The zero-order chi connectivity index (χ0) is 25.0. The molecule has 0 N–H and O–H groups in total. The first-order chi connectivity index (χ1) is 17.2. The average Bonchev–Trinajstić information content (AvgIpc) is 2.87. The summed E-state index contributed by atoms with van der Waals surface area (Å²) in [5.74, 6) is -0.401. The molecule has 0 atom stereocenters. The van der Waals surface area contributed by atoms with Crippen LogP contribution in [0.5, 0.6) is 0 Å². The van der Waals surface area contributed by atoms with Crippen LogP contribution < -0.4 is 10.4 Å². The molecule has 5 nitrogen and oxygen atoms in total. The first kappa shape index (κ1) is 29.1. The van der Waals surface area contributed by atoms with Gasteiger partial charge in [0.05, 0.1) is 11.6 Å². The van der Waals surface area contributed by atoms with Crippen molar-refractivity contribution >= 4 is 16.7 Å². The van der Waals surface area contributed by atoms with Crippen molar-refractivity contribution in [3.05, 3.63) is 40.8 Å². The third kappa shape index (κ3) is 12.9. The van der Waals surface area contributed by atoms with E-state index in [4.69, 9.17) is 4.84 Å². The van der Waals surface area contributed by atoms with Gasteiger partial charge in [0.15, 0.2) is 0 Å². The summed E-state index contributed by atoms with van der Waals surface area (Å²) in [4.78, 5) is 30.3. The van der Waals surface area contributed by atoms with Crippen LogP contribution in [0.25, 0.3) is 10.8 Å². The van der Waals surface area contributed by atoms with Crippen LogP contribution in [0.4, 0.5) is 0 Å². The van der Waals surface area contributed by atoms with E-state index >= 15 is 0 Å². The van der Waals surface area contributed by atoms with Crippen LogP contribution >= 0.6 is 0 Å². The third-order valence-corrected chi connectivity index (χ3v) is 6.84. The Morgan fingerprint density at radius 3 is 1.69 bits per heavy atom. The third-order valence-electron chi connectivity index (χ3n) is 6.84. The lowest BCUT2D eigenvalue weighted by Crippen LogP contribution is -2.32. The minimum absolute atomic E-state index is 0.319. The molecule has 0 radical (unpaired) electrons. The fourth-order valence-corrected chi connectivity index (χ4v) is 4.63. The summed E-state index contributed by atoms with van der Waals surface area (Å²) in [7, 11) is 0. The van der Waals surface area contributed by atoms with E-state index in [0.717, 1.165) is 29.5 Å². The van der Waals surface area contributed by atoms with E-state index in [-0.39, 0.29) is 0 Å². The number of carbonyl (C=O) groups is 1. The predicted octanol–water partition coefficient (Wildman–Crippen LogP) is 8.17. The molecule has 0 aliphatic rings. The molecule has 196 valence electrons. The molecule has 0 saturated carbocycles. The Kier molecular flexibility index (Phi) is 15.8. The van der Waals surface area contributed by atoms with Gasteiger partial charge in [-0.3, -0.25) is 4.79 Å². The Bertz CT molecular complexity index is 877. The summed E-state index contributed by atoms with van der Waals surface area (Å²) < 4.78 is 0. The summed E-state index contributed by atoms with van der Waals surface area (Å²) >= 11 is 0. The van der Waals surface area contributed by atoms with Crippen LogP contribution in [0.1, 0.15) is 135 Å². The Morgan fingerprint density at radius 1 is 0.714 bits per heavy atom. The molecule has 1 aromatic heterocycles. The van der Waals surface area contributed by atoms with Crippen LogP contribution in [0.2, 0.25) is 0 Å². The van der Waals surface area contributed by atoms with Crippen LogP contribution in [0.15, 0.2) is 35.3 Å². The maximum Gasteiger partial charge on any atom is 0.335 e. The quantitative estimate of drug-likeness (QED) is 0.168. The Morgan fingerprint density at radius 2 is 1.17 bits per heavy atom. The summed E-state index contributed by atoms with van der Waals surface area (Å²) in [6.07, 6.45) is 27.0.